The van der Waals surface area contributed by atoms with Crippen molar-refractivity contribution in [2.24, 2.45) is 0 Å². The molecule has 0 aromatic heterocycles. The molecule has 0 saturated heterocycles. The minimum absolute atomic E-state index is 0.188. The molecule has 0 unspecified atom stereocenters. The summed E-state index contributed by atoms with van der Waals surface area (Å²) in [6, 6.07) is 3.17. The Morgan fingerprint density at radius 2 is 2.15 bits per heavy atom. The first kappa shape index (κ1) is 7.94. The number of fused-ring (bicyclic) bond motifs is 1. The van der Waals surface area contributed by atoms with Gasteiger partial charge in [0, 0.05) is 23.0 Å². The molecule has 0 bridgehead atoms. The van der Waals surface area contributed by atoms with Crippen LogP contribution in [0.3, 0.4) is 0 Å². The fourth-order valence-electron chi connectivity index (χ4n) is 1.41. The number of nitrogens with zero attached hydrogens (tertiary/aromatic N) is 1. The Hall–Kier alpha value is -1.68. The molecule has 0 aliphatic carbocycles. The highest BCUT2D eigenvalue weighted by Crippen LogP contribution is 2.31. The highest BCUT2D eigenvalue weighted by atomic mass is 16.5. The quantitative estimate of drug-likeness (QED) is 0.411. The molecule has 13 heavy (non-hydrogen) atoms. The average Bonchev–Trinajstić information content (AvgIpc) is 2.12. The van der Waals surface area contributed by atoms with Crippen molar-refractivity contribution in [1.82, 2.24) is 5.06 Å². The maximum Gasteiger partial charge on any atom is 0.123 e. The third kappa shape index (κ3) is 1.21. The summed E-state index contributed by atoms with van der Waals surface area (Å²) in [7, 11) is 0. The van der Waals surface area contributed by atoms with Crippen molar-refractivity contribution < 1.29 is 10.3 Å². The molecule has 1 aliphatic rings. The van der Waals surface area contributed by atoms with E-state index < -0.39 is 0 Å². The third-order valence-electron chi connectivity index (χ3n) is 2.10. The summed E-state index contributed by atoms with van der Waals surface area (Å²) in [5.74, 6) is 0.188. The van der Waals surface area contributed by atoms with Crippen LogP contribution in [-0.2, 0) is 6.54 Å². The number of rotatable bonds is 0. The van der Waals surface area contributed by atoms with Crippen LogP contribution in [0.25, 0.3) is 6.08 Å². The number of hydrogen-bond donors (Lipinski definition) is 3. The average molecular weight is 178 g/mol. The molecule has 0 saturated carbocycles. The Balaban J connectivity index is 2.60. The molecule has 0 amide bonds. The molecule has 4 N–H and O–H groups in total. The molecule has 1 aromatic carbocycles. The molecule has 2 rings (SSSR count). The zero-order chi connectivity index (χ0) is 9.42. The Morgan fingerprint density at radius 3 is 2.92 bits per heavy atom. The highest BCUT2D eigenvalue weighted by Gasteiger charge is 2.14. The first-order valence-electron chi connectivity index (χ1n) is 3.92. The molecule has 1 aliphatic heterocycles. The van der Waals surface area contributed by atoms with Gasteiger partial charge >= 0.3 is 0 Å². The fourth-order valence-corrected chi connectivity index (χ4v) is 1.41. The summed E-state index contributed by atoms with van der Waals surface area (Å²) in [6.07, 6.45) is 3.12. The van der Waals surface area contributed by atoms with Crippen molar-refractivity contribution in [2.45, 2.75) is 6.54 Å². The van der Waals surface area contributed by atoms with Gasteiger partial charge in [0.05, 0.1) is 6.54 Å². The zero-order valence-electron chi connectivity index (χ0n) is 6.94. The van der Waals surface area contributed by atoms with Gasteiger partial charge in [0.25, 0.3) is 0 Å². The number of nitrogens with two attached hydrogens (primary N) is 1. The van der Waals surface area contributed by atoms with Gasteiger partial charge in [-0.15, -0.1) is 0 Å². The molecule has 4 heteroatoms. The normalized spacial score (nSPS) is 14.4. The summed E-state index contributed by atoms with van der Waals surface area (Å²) < 4.78 is 0. The fraction of sp³-hybridized carbons (Fsp3) is 0.111. The number of phenolic OH excluding ortho intramolecular Hbond substituents is 1. The van der Waals surface area contributed by atoms with Crippen molar-refractivity contribution in [3.63, 3.8) is 0 Å². The van der Waals surface area contributed by atoms with Gasteiger partial charge in [-0.1, -0.05) is 0 Å². The van der Waals surface area contributed by atoms with Crippen LogP contribution in [0.1, 0.15) is 11.1 Å². The summed E-state index contributed by atoms with van der Waals surface area (Å²) in [5.41, 5.74) is 7.71. The molecule has 68 valence electrons. The molecule has 0 spiro atoms. The minimum atomic E-state index is 0.188. The summed E-state index contributed by atoms with van der Waals surface area (Å²) in [5, 5.41) is 19.7. The van der Waals surface area contributed by atoms with Gasteiger partial charge in [0.2, 0.25) is 0 Å². The second-order valence-electron chi connectivity index (χ2n) is 2.98. The third-order valence-corrected chi connectivity index (χ3v) is 2.10. The van der Waals surface area contributed by atoms with E-state index in [9.17, 15) is 10.3 Å². The number of anilines is 1. The van der Waals surface area contributed by atoms with Crippen LogP contribution in [0.5, 0.6) is 5.75 Å². The van der Waals surface area contributed by atoms with Crippen LogP contribution in [0, 0.1) is 0 Å². The smallest absolute Gasteiger partial charge is 0.123 e. The van der Waals surface area contributed by atoms with Crippen LogP contribution >= 0.6 is 0 Å². The van der Waals surface area contributed by atoms with Crippen molar-refractivity contribution in [3.05, 3.63) is 29.5 Å². The summed E-state index contributed by atoms with van der Waals surface area (Å²) in [6.45, 7) is 0.312. The lowest BCUT2D eigenvalue weighted by Gasteiger charge is -2.20. The van der Waals surface area contributed by atoms with E-state index in [-0.39, 0.29) is 5.75 Å². The van der Waals surface area contributed by atoms with Gasteiger partial charge < -0.3 is 10.8 Å². The van der Waals surface area contributed by atoms with Crippen molar-refractivity contribution in [1.29, 1.82) is 0 Å². The number of hydroxylamine groups is 2. The molecular weight excluding hydrogens is 168 g/mol. The van der Waals surface area contributed by atoms with Gasteiger partial charge in [-0.05, 0) is 18.2 Å². The molecule has 4 nitrogen and oxygen atoms in total. The predicted molar refractivity (Wildman–Crippen MR) is 48.9 cm³/mol. The molecule has 0 fully saturated rings. The van der Waals surface area contributed by atoms with Crippen molar-refractivity contribution in [2.75, 3.05) is 5.73 Å². The Morgan fingerprint density at radius 1 is 1.38 bits per heavy atom. The van der Waals surface area contributed by atoms with E-state index in [1.165, 1.54) is 6.20 Å². The molecule has 1 heterocycles. The Labute approximate surface area is 75.5 Å². The summed E-state index contributed by atoms with van der Waals surface area (Å²) >= 11 is 0. The van der Waals surface area contributed by atoms with E-state index in [1.807, 2.05) is 0 Å². The van der Waals surface area contributed by atoms with Gasteiger partial charge in [-0.25, -0.2) is 0 Å². The topological polar surface area (TPSA) is 69.7 Å². The van der Waals surface area contributed by atoms with Crippen molar-refractivity contribution in [3.8, 4) is 5.75 Å². The number of nitrogen functional groups attached to an aromatic ring is 1. The van der Waals surface area contributed by atoms with E-state index in [2.05, 4.69) is 0 Å². The molecule has 0 atom stereocenters. The maximum atomic E-state index is 9.46. The molecule has 0 radical (unpaired) electrons. The minimum Gasteiger partial charge on any atom is -0.507 e. The number of phenols is 1. The van der Waals surface area contributed by atoms with E-state index in [1.54, 1.807) is 18.2 Å². The van der Waals surface area contributed by atoms with Crippen LogP contribution < -0.4 is 5.73 Å². The van der Waals surface area contributed by atoms with E-state index in [0.29, 0.717) is 17.8 Å². The van der Waals surface area contributed by atoms with E-state index >= 15 is 0 Å². The van der Waals surface area contributed by atoms with Crippen LogP contribution in [0.4, 0.5) is 5.69 Å². The van der Waals surface area contributed by atoms with E-state index in [0.717, 1.165) is 10.6 Å². The monoisotopic (exact) mass is 178 g/mol. The Kier molecular flexibility index (Phi) is 1.63. The number of benzene rings is 1. The first-order chi connectivity index (χ1) is 6.18. The van der Waals surface area contributed by atoms with Crippen molar-refractivity contribution >= 4 is 11.8 Å². The summed E-state index contributed by atoms with van der Waals surface area (Å²) in [4.78, 5) is 0. The number of aromatic hydroxyl groups is 1. The van der Waals surface area contributed by atoms with E-state index in [4.69, 9.17) is 5.73 Å². The van der Waals surface area contributed by atoms with Gasteiger partial charge in [-0.3, -0.25) is 10.3 Å². The lowest BCUT2D eigenvalue weighted by atomic mass is 10.0. The van der Waals surface area contributed by atoms with Crippen LogP contribution in [0.15, 0.2) is 18.3 Å². The highest BCUT2D eigenvalue weighted by molar-refractivity contribution is 5.69. The van der Waals surface area contributed by atoms with Gasteiger partial charge in [0.1, 0.15) is 5.75 Å². The van der Waals surface area contributed by atoms with Gasteiger partial charge in [-0.2, -0.15) is 0 Å². The molecular formula is C9H10N2O2. The van der Waals surface area contributed by atoms with Crippen LogP contribution in [-0.4, -0.2) is 15.4 Å². The SMILES string of the molecule is Nc1ccc(O)c2c1CN(O)C=C2. The maximum absolute atomic E-state index is 9.46. The second kappa shape index (κ2) is 2.67. The lowest BCUT2D eigenvalue weighted by Crippen LogP contribution is -2.16. The predicted octanol–water partition coefficient (Wildman–Crippen LogP) is 1.15. The standard InChI is InChI=1S/C9H10N2O2/c10-8-1-2-9(12)6-3-4-11(13)5-7(6)8/h1-4,12-13H,5,10H2. The Bertz CT molecular complexity index is 374. The number of hydrogen-bond acceptors (Lipinski definition) is 4. The molecule has 1 aromatic rings. The second-order valence-corrected chi connectivity index (χ2v) is 2.98. The first-order valence-corrected chi connectivity index (χ1v) is 3.92. The zero-order valence-corrected chi connectivity index (χ0v) is 6.94. The van der Waals surface area contributed by atoms with Gasteiger partial charge in [0.15, 0.2) is 0 Å². The largest absolute Gasteiger partial charge is 0.507 e. The lowest BCUT2D eigenvalue weighted by molar-refractivity contribution is -0.0493. The van der Waals surface area contributed by atoms with Crippen LogP contribution in [0.2, 0.25) is 0 Å².